The molecule has 1 N–H and O–H groups in total. The lowest BCUT2D eigenvalue weighted by molar-refractivity contribution is 0.102. The van der Waals surface area contributed by atoms with Gasteiger partial charge in [-0.05, 0) is 61.4 Å². The van der Waals surface area contributed by atoms with E-state index in [1.165, 1.54) is 0 Å². The summed E-state index contributed by atoms with van der Waals surface area (Å²) in [6.07, 6.45) is 0.479. The van der Waals surface area contributed by atoms with Crippen LogP contribution < -0.4 is 10.1 Å². The molecule has 1 fully saturated rings. The second kappa shape index (κ2) is 9.38. The standard InChI is InChI=1S/C27H25N3O4S/c1-19-7-9-20(10-8-19)26-17-25(29-30(26)22-15-16-35(32,33)18-22)27(31)28-21-11-13-24(14-12-21)34-23-5-3-2-4-6-23/h2-14,17,22H,15-16,18H2,1H3,(H,28,31)/t22-/m1/s1. The number of aryl methyl sites for hydroxylation is 1. The van der Waals surface area contributed by atoms with Gasteiger partial charge in [0.25, 0.3) is 5.91 Å². The fraction of sp³-hybridized carbons (Fsp3) is 0.185. The number of nitrogens with one attached hydrogen (secondary N) is 1. The minimum atomic E-state index is -3.11. The molecule has 35 heavy (non-hydrogen) atoms. The van der Waals surface area contributed by atoms with Crippen LogP contribution in [0.4, 0.5) is 5.69 Å². The lowest BCUT2D eigenvalue weighted by atomic mass is 10.1. The molecule has 1 aromatic heterocycles. The van der Waals surface area contributed by atoms with Crippen LogP contribution >= 0.6 is 0 Å². The van der Waals surface area contributed by atoms with Crippen molar-refractivity contribution >= 4 is 21.4 Å². The third kappa shape index (κ3) is 5.27. The van der Waals surface area contributed by atoms with Gasteiger partial charge in [0.2, 0.25) is 0 Å². The van der Waals surface area contributed by atoms with Crippen molar-refractivity contribution in [2.45, 2.75) is 19.4 Å². The Morgan fingerprint density at radius 2 is 1.66 bits per heavy atom. The minimum Gasteiger partial charge on any atom is -0.457 e. The molecule has 1 aliphatic heterocycles. The first-order chi connectivity index (χ1) is 16.9. The first-order valence-corrected chi connectivity index (χ1v) is 13.2. The van der Waals surface area contributed by atoms with Crippen molar-refractivity contribution < 1.29 is 17.9 Å². The van der Waals surface area contributed by atoms with Gasteiger partial charge in [-0.1, -0.05) is 48.0 Å². The molecule has 0 saturated carbocycles. The highest BCUT2D eigenvalue weighted by atomic mass is 32.2. The molecule has 0 radical (unpaired) electrons. The number of amides is 1. The van der Waals surface area contributed by atoms with E-state index in [1.54, 1.807) is 35.0 Å². The molecule has 0 aliphatic carbocycles. The molecule has 0 bridgehead atoms. The van der Waals surface area contributed by atoms with Crippen LogP contribution in [-0.4, -0.2) is 35.6 Å². The van der Waals surface area contributed by atoms with Crippen molar-refractivity contribution in [1.82, 2.24) is 9.78 Å². The number of hydrogen-bond acceptors (Lipinski definition) is 5. The van der Waals surface area contributed by atoms with Gasteiger partial charge < -0.3 is 10.1 Å². The molecular weight excluding hydrogens is 462 g/mol. The summed E-state index contributed by atoms with van der Waals surface area (Å²) in [5.41, 5.74) is 3.55. The first-order valence-electron chi connectivity index (χ1n) is 11.4. The van der Waals surface area contributed by atoms with Gasteiger partial charge in [-0.15, -0.1) is 0 Å². The van der Waals surface area contributed by atoms with E-state index in [-0.39, 0.29) is 29.1 Å². The van der Waals surface area contributed by atoms with Gasteiger partial charge in [0, 0.05) is 5.69 Å². The molecule has 178 valence electrons. The molecule has 1 atom stereocenters. The van der Waals surface area contributed by atoms with Crippen LogP contribution in [-0.2, 0) is 9.84 Å². The van der Waals surface area contributed by atoms with Gasteiger partial charge in [-0.2, -0.15) is 5.10 Å². The maximum Gasteiger partial charge on any atom is 0.276 e. The number of nitrogens with zero attached hydrogens (tertiary/aromatic N) is 2. The van der Waals surface area contributed by atoms with E-state index in [2.05, 4.69) is 10.4 Å². The average molecular weight is 488 g/mol. The maximum absolute atomic E-state index is 13.0. The van der Waals surface area contributed by atoms with E-state index in [0.717, 1.165) is 22.6 Å². The summed E-state index contributed by atoms with van der Waals surface area (Å²) in [5.74, 6) is 1.17. The fourth-order valence-electron chi connectivity index (χ4n) is 4.12. The molecule has 3 aromatic carbocycles. The molecule has 1 amide bonds. The first kappa shape index (κ1) is 22.9. The van der Waals surface area contributed by atoms with Crippen LogP contribution in [0.25, 0.3) is 11.3 Å². The number of carbonyl (C=O) groups excluding carboxylic acids is 1. The summed E-state index contributed by atoms with van der Waals surface area (Å²) in [6.45, 7) is 2.00. The Morgan fingerprint density at radius 3 is 2.31 bits per heavy atom. The molecular formula is C27H25N3O4S. The van der Waals surface area contributed by atoms with Crippen LogP contribution in [0, 0.1) is 6.92 Å². The Morgan fingerprint density at radius 1 is 0.971 bits per heavy atom. The van der Waals surface area contributed by atoms with Crippen molar-refractivity contribution in [2.75, 3.05) is 16.8 Å². The monoisotopic (exact) mass is 487 g/mol. The number of carbonyl (C=O) groups is 1. The third-order valence-corrected chi connectivity index (χ3v) is 7.71. The van der Waals surface area contributed by atoms with Gasteiger partial charge in [-0.3, -0.25) is 9.48 Å². The molecule has 0 spiro atoms. The van der Waals surface area contributed by atoms with Crippen LogP contribution in [0.2, 0.25) is 0 Å². The predicted octanol–water partition coefficient (Wildman–Crippen LogP) is 5.26. The minimum absolute atomic E-state index is 0.0253. The highest BCUT2D eigenvalue weighted by Crippen LogP contribution is 2.31. The maximum atomic E-state index is 13.0. The number of anilines is 1. The number of sulfone groups is 1. The average Bonchev–Trinajstić information content (AvgIpc) is 3.45. The fourth-order valence-corrected chi connectivity index (χ4v) is 5.81. The Hall–Kier alpha value is -3.91. The van der Waals surface area contributed by atoms with E-state index >= 15 is 0 Å². The third-order valence-electron chi connectivity index (χ3n) is 5.96. The number of ether oxygens (including phenoxy) is 1. The molecule has 1 saturated heterocycles. The molecule has 4 aromatic rings. The van der Waals surface area contributed by atoms with E-state index in [0.29, 0.717) is 17.9 Å². The van der Waals surface area contributed by atoms with Crippen molar-refractivity contribution in [3.05, 3.63) is 96.2 Å². The summed E-state index contributed by atoms with van der Waals surface area (Å²) < 4.78 is 31.7. The molecule has 2 heterocycles. The number of benzene rings is 3. The summed E-state index contributed by atoms with van der Waals surface area (Å²) in [7, 11) is -3.11. The lowest BCUT2D eigenvalue weighted by Gasteiger charge is -2.13. The highest BCUT2D eigenvalue weighted by molar-refractivity contribution is 7.91. The summed E-state index contributed by atoms with van der Waals surface area (Å²) in [5, 5.41) is 7.41. The quantitative estimate of drug-likeness (QED) is 0.401. The molecule has 0 unspecified atom stereocenters. The Labute approximate surface area is 204 Å². The van der Waals surface area contributed by atoms with Crippen LogP contribution in [0.3, 0.4) is 0 Å². The Bertz CT molecular complexity index is 1440. The number of hydrogen-bond donors (Lipinski definition) is 1. The number of aromatic nitrogens is 2. The van der Waals surface area contributed by atoms with Crippen LogP contribution in [0.15, 0.2) is 84.9 Å². The largest absolute Gasteiger partial charge is 0.457 e. The second-order valence-corrected chi connectivity index (χ2v) is 10.9. The highest BCUT2D eigenvalue weighted by Gasteiger charge is 2.32. The van der Waals surface area contributed by atoms with Crippen LogP contribution in [0.5, 0.6) is 11.5 Å². The van der Waals surface area contributed by atoms with E-state index in [1.807, 2.05) is 61.5 Å². The number of rotatable bonds is 6. The zero-order valence-corrected chi connectivity index (χ0v) is 20.0. The van der Waals surface area contributed by atoms with Crippen molar-refractivity contribution in [3.63, 3.8) is 0 Å². The molecule has 1 aliphatic rings. The van der Waals surface area contributed by atoms with E-state index in [4.69, 9.17) is 4.74 Å². The van der Waals surface area contributed by atoms with E-state index < -0.39 is 9.84 Å². The van der Waals surface area contributed by atoms with Crippen molar-refractivity contribution in [3.8, 4) is 22.8 Å². The van der Waals surface area contributed by atoms with E-state index in [9.17, 15) is 13.2 Å². The topological polar surface area (TPSA) is 90.3 Å². The smallest absolute Gasteiger partial charge is 0.276 e. The van der Waals surface area contributed by atoms with Crippen molar-refractivity contribution in [2.24, 2.45) is 0 Å². The Balaban J connectivity index is 1.37. The van der Waals surface area contributed by atoms with Gasteiger partial charge in [0.1, 0.15) is 11.5 Å². The summed E-state index contributed by atoms with van der Waals surface area (Å²) in [6, 6.07) is 25.8. The Kier molecular flexibility index (Phi) is 6.13. The van der Waals surface area contributed by atoms with Gasteiger partial charge >= 0.3 is 0 Å². The zero-order chi connectivity index (χ0) is 24.4. The number of para-hydroxylation sites is 1. The zero-order valence-electron chi connectivity index (χ0n) is 19.2. The van der Waals surface area contributed by atoms with Gasteiger partial charge in [0.05, 0.1) is 23.2 Å². The molecule has 7 nitrogen and oxygen atoms in total. The normalized spacial score (nSPS) is 16.7. The lowest BCUT2D eigenvalue weighted by Crippen LogP contribution is -2.16. The van der Waals surface area contributed by atoms with Gasteiger partial charge in [0.15, 0.2) is 15.5 Å². The summed E-state index contributed by atoms with van der Waals surface area (Å²) in [4.78, 5) is 13.0. The second-order valence-electron chi connectivity index (χ2n) is 8.68. The molecule has 5 rings (SSSR count). The summed E-state index contributed by atoms with van der Waals surface area (Å²) >= 11 is 0. The van der Waals surface area contributed by atoms with Gasteiger partial charge in [-0.25, -0.2) is 8.42 Å². The SMILES string of the molecule is Cc1ccc(-c2cc(C(=O)Nc3ccc(Oc4ccccc4)cc3)nn2[C@@H]2CCS(=O)(=O)C2)cc1. The predicted molar refractivity (Wildman–Crippen MR) is 136 cm³/mol. The molecule has 8 heteroatoms. The van der Waals surface area contributed by atoms with Crippen molar-refractivity contribution in [1.29, 1.82) is 0 Å². The van der Waals surface area contributed by atoms with Crippen LogP contribution in [0.1, 0.15) is 28.5 Å².